The molecule has 1 aromatic carbocycles. The van der Waals surface area contributed by atoms with Crippen molar-refractivity contribution in [2.45, 2.75) is 0 Å². The molecule has 1 rings (SSSR count). The zero-order chi connectivity index (χ0) is 12.0. The van der Waals surface area contributed by atoms with Crippen LogP contribution in [0.1, 0.15) is 10.4 Å². The van der Waals surface area contributed by atoms with Crippen LogP contribution in [0.15, 0.2) is 12.1 Å². The van der Waals surface area contributed by atoms with Gasteiger partial charge in [-0.05, 0) is 12.1 Å². The van der Waals surface area contributed by atoms with Crippen LogP contribution in [0, 0.1) is 0 Å². The number of hydrogen-bond donors (Lipinski definition) is 0. The van der Waals surface area contributed by atoms with E-state index in [0.717, 1.165) is 0 Å². The van der Waals surface area contributed by atoms with Gasteiger partial charge in [-0.25, -0.2) is 0 Å². The number of benzene rings is 1. The van der Waals surface area contributed by atoms with Gasteiger partial charge < -0.3 is 18.9 Å². The van der Waals surface area contributed by atoms with Crippen molar-refractivity contribution in [1.29, 1.82) is 0 Å². The molecule has 0 heterocycles. The highest BCUT2D eigenvalue weighted by molar-refractivity contribution is 5.85. The molecule has 0 saturated carbocycles. The minimum atomic E-state index is 0.0321. The Kier molecular flexibility index (Phi) is 4.60. The summed E-state index contributed by atoms with van der Waals surface area (Å²) >= 11 is 0. The van der Waals surface area contributed by atoms with Crippen molar-refractivity contribution in [3.05, 3.63) is 17.7 Å². The van der Waals surface area contributed by atoms with Crippen LogP contribution in [0.2, 0.25) is 0 Å². The number of hydrogen-bond acceptors (Lipinski definition) is 5. The number of ether oxygens (including phenoxy) is 4. The number of carbonyl (C=O) groups excluding carboxylic acids is 1. The first-order chi connectivity index (χ1) is 7.78. The molecule has 5 heteroatoms. The van der Waals surface area contributed by atoms with E-state index in [1.165, 1.54) is 21.3 Å². The number of carbonyl (C=O) groups is 1. The van der Waals surface area contributed by atoms with E-state index in [1.54, 1.807) is 12.1 Å². The summed E-state index contributed by atoms with van der Waals surface area (Å²) in [4.78, 5) is 11.0. The minimum absolute atomic E-state index is 0.0321. The van der Waals surface area contributed by atoms with E-state index in [2.05, 4.69) is 0 Å². The highest BCUT2D eigenvalue weighted by Crippen LogP contribution is 2.36. The molecule has 0 saturated heterocycles. The summed E-state index contributed by atoms with van der Waals surface area (Å²) in [5.74, 6) is 1.21. The topological polar surface area (TPSA) is 54.0 Å². The van der Waals surface area contributed by atoms with Crippen molar-refractivity contribution < 1.29 is 23.7 Å². The summed E-state index contributed by atoms with van der Waals surface area (Å²) in [6.07, 6.45) is 0.659. The molecule has 88 valence electrons. The second kappa shape index (κ2) is 5.97. The van der Waals surface area contributed by atoms with Crippen molar-refractivity contribution in [3.8, 4) is 17.2 Å². The summed E-state index contributed by atoms with van der Waals surface area (Å²) in [5, 5.41) is 0. The van der Waals surface area contributed by atoms with Gasteiger partial charge in [0, 0.05) is 7.11 Å². The molecule has 0 N–H and O–H groups in total. The van der Waals surface area contributed by atoms with E-state index in [4.69, 9.17) is 18.9 Å². The molecule has 0 fully saturated rings. The van der Waals surface area contributed by atoms with Gasteiger partial charge in [0.25, 0.3) is 0 Å². The SMILES string of the molecule is COCOc1c(OC)ccc(OC)c1C=O. The fourth-order valence-corrected chi connectivity index (χ4v) is 1.28. The molecular weight excluding hydrogens is 212 g/mol. The quantitative estimate of drug-likeness (QED) is 0.543. The zero-order valence-corrected chi connectivity index (χ0v) is 9.48. The van der Waals surface area contributed by atoms with Crippen molar-refractivity contribution in [1.82, 2.24) is 0 Å². The van der Waals surface area contributed by atoms with E-state index in [-0.39, 0.29) is 6.79 Å². The Bertz CT molecular complexity index is 362. The maximum absolute atomic E-state index is 11.0. The first-order valence-electron chi connectivity index (χ1n) is 4.60. The van der Waals surface area contributed by atoms with Crippen LogP contribution >= 0.6 is 0 Å². The van der Waals surface area contributed by atoms with Gasteiger partial charge in [-0.3, -0.25) is 4.79 Å². The molecule has 0 amide bonds. The van der Waals surface area contributed by atoms with Gasteiger partial charge in [-0.2, -0.15) is 0 Å². The maximum Gasteiger partial charge on any atom is 0.188 e. The Morgan fingerprint density at radius 2 is 1.75 bits per heavy atom. The van der Waals surface area contributed by atoms with Gasteiger partial charge in [0.2, 0.25) is 0 Å². The predicted octanol–water partition coefficient (Wildman–Crippen LogP) is 1.50. The Morgan fingerprint density at radius 3 is 2.25 bits per heavy atom. The van der Waals surface area contributed by atoms with Crippen molar-refractivity contribution in [2.75, 3.05) is 28.1 Å². The smallest absolute Gasteiger partial charge is 0.188 e. The van der Waals surface area contributed by atoms with Crippen LogP contribution in [0.3, 0.4) is 0 Å². The number of aldehydes is 1. The van der Waals surface area contributed by atoms with Crippen LogP contribution < -0.4 is 14.2 Å². The normalized spacial score (nSPS) is 9.69. The average molecular weight is 226 g/mol. The zero-order valence-electron chi connectivity index (χ0n) is 9.48. The molecular formula is C11H14O5. The molecule has 0 spiro atoms. The molecule has 0 aliphatic heterocycles. The molecule has 0 aliphatic carbocycles. The lowest BCUT2D eigenvalue weighted by Gasteiger charge is -2.14. The first-order valence-corrected chi connectivity index (χ1v) is 4.60. The van der Waals surface area contributed by atoms with Gasteiger partial charge in [0.05, 0.1) is 14.2 Å². The van der Waals surface area contributed by atoms with Crippen LogP contribution in [0.5, 0.6) is 17.2 Å². The summed E-state index contributed by atoms with van der Waals surface area (Å²) in [5.41, 5.74) is 0.305. The lowest BCUT2D eigenvalue weighted by atomic mass is 10.2. The first kappa shape index (κ1) is 12.3. The fraction of sp³-hybridized carbons (Fsp3) is 0.364. The highest BCUT2D eigenvalue weighted by atomic mass is 16.7. The summed E-state index contributed by atoms with van der Waals surface area (Å²) < 4.78 is 20.2. The van der Waals surface area contributed by atoms with E-state index in [1.807, 2.05) is 0 Å². The Hall–Kier alpha value is -1.75. The molecule has 0 aromatic heterocycles. The Labute approximate surface area is 93.9 Å². The molecule has 5 nitrogen and oxygen atoms in total. The van der Waals surface area contributed by atoms with Crippen LogP contribution in [0.25, 0.3) is 0 Å². The average Bonchev–Trinajstić information content (AvgIpc) is 2.34. The lowest BCUT2D eigenvalue weighted by molar-refractivity contribution is 0.0483. The van der Waals surface area contributed by atoms with Gasteiger partial charge in [0.15, 0.2) is 24.6 Å². The van der Waals surface area contributed by atoms with E-state index in [0.29, 0.717) is 29.1 Å². The summed E-state index contributed by atoms with van der Waals surface area (Å²) in [7, 11) is 4.47. The second-order valence-corrected chi connectivity index (χ2v) is 2.88. The molecule has 0 bridgehead atoms. The molecule has 16 heavy (non-hydrogen) atoms. The fourth-order valence-electron chi connectivity index (χ4n) is 1.28. The highest BCUT2D eigenvalue weighted by Gasteiger charge is 2.15. The number of rotatable bonds is 6. The third-order valence-corrected chi connectivity index (χ3v) is 2.00. The van der Waals surface area contributed by atoms with Crippen molar-refractivity contribution in [3.63, 3.8) is 0 Å². The Balaban J connectivity index is 3.19. The maximum atomic E-state index is 11.0. The monoisotopic (exact) mass is 226 g/mol. The second-order valence-electron chi connectivity index (χ2n) is 2.88. The van der Waals surface area contributed by atoms with Crippen molar-refractivity contribution in [2.24, 2.45) is 0 Å². The predicted molar refractivity (Wildman–Crippen MR) is 57.4 cm³/mol. The molecule has 0 radical (unpaired) electrons. The lowest BCUT2D eigenvalue weighted by Crippen LogP contribution is -2.04. The van der Waals surface area contributed by atoms with Gasteiger partial charge in [-0.15, -0.1) is 0 Å². The minimum Gasteiger partial charge on any atom is -0.496 e. The third kappa shape index (κ3) is 2.43. The Morgan fingerprint density at radius 1 is 1.12 bits per heavy atom. The third-order valence-electron chi connectivity index (χ3n) is 2.00. The van der Waals surface area contributed by atoms with Gasteiger partial charge in [-0.1, -0.05) is 0 Å². The summed E-state index contributed by atoms with van der Waals surface area (Å²) in [6.45, 7) is 0.0321. The summed E-state index contributed by atoms with van der Waals surface area (Å²) in [6, 6.07) is 3.30. The van der Waals surface area contributed by atoms with E-state index >= 15 is 0 Å². The number of methoxy groups -OCH3 is 3. The molecule has 1 aromatic rings. The van der Waals surface area contributed by atoms with E-state index in [9.17, 15) is 4.79 Å². The molecule has 0 atom stereocenters. The van der Waals surface area contributed by atoms with Crippen LogP contribution in [0.4, 0.5) is 0 Å². The van der Waals surface area contributed by atoms with Crippen LogP contribution in [-0.4, -0.2) is 34.4 Å². The molecule has 0 unspecified atom stereocenters. The molecule has 0 aliphatic rings. The van der Waals surface area contributed by atoms with Gasteiger partial charge >= 0.3 is 0 Å². The van der Waals surface area contributed by atoms with E-state index < -0.39 is 0 Å². The largest absolute Gasteiger partial charge is 0.496 e. The standard InChI is InChI=1S/C11H14O5/c1-13-7-16-11-8(6-12)9(14-2)4-5-10(11)15-3/h4-6H,7H2,1-3H3. The van der Waals surface area contributed by atoms with Gasteiger partial charge in [0.1, 0.15) is 11.3 Å². The van der Waals surface area contributed by atoms with Crippen molar-refractivity contribution >= 4 is 6.29 Å². The van der Waals surface area contributed by atoms with Crippen LogP contribution in [-0.2, 0) is 4.74 Å².